The first-order valence-corrected chi connectivity index (χ1v) is 6.12. The first-order valence-electron chi connectivity index (χ1n) is 5.74. The highest BCUT2D eigenvalue weighted by molar-refractivity contribution is 6.32. The van der Waals surface area contributed by atoms with Gasteiger partial charge in [0.1, 0.15) is 5.75 Å². The van der Waals surface area contributed by atoms with Crippen LogP contribution in [0, 0.1) is 0 Å². The van der Waals surface area contributed by atoms with Crippen molar-refractivity contribution >= 4 is 11.6 Å². The Bertz CT molecular complexity index is 373. The lowest BCUT2D eigenvalue weighted by molar-refractivity contribution is 0.0419. The first kappa shape index (κ1) is 15.2. The van der Waals surface area contributed by atoms with E-state index in [-0.39, 0.29) is 0 Å². The van der Waals surface area contributed by atoms with E-state index in [1.54, 1.807) is 14.2 Å². The number of likely N-dealkylation sites (N-methyl/N-ethyl adjacent to an activating group) is 1. The minimum Gasteiger partial charge on any atom is -0.495 e. The van der Waals surface area contributed by atoms with Crippen molar-refractivity contribution in [2.75, 3.05) is 34.4 Å². The van der Waals surface area contributed by atoms with Gasteiger partial charge in [-0.25, -0.2) is 0 Å². The maximum absolute atomic E-state index is 9.62. The first-order chi connectivity index (χ1) is 8.56. The molecule has 0 aromatic heterocycles. The summed E-state index contributed by atoms with van der Waals surface area (Å²) in [5.74, 6) is 0.669. The number of ether oxygens (including phenoxy) is 2. The SMILES string of the molecule is COCC(O)CN(C)Cc1ccc(OC)c(Cl)c1. The maximum Gasteiger partial charge on any atom is 0.137 e. The van der Waals surface area contributed by atoms with Gasteiger partial charge in [-0.2, -0.15) is 0 Å². The predicted molar refractivity (Wildman–Crippen MR) is 72.2 cm³/mol. The van der Waals surface area contributed by atoms with Crippen LogP contribution in [-0.4, -0.2) is 50.5 Å². The minimum absolute atomic E-state index is 0.341. The monoisotopic (exact) mass is 273 g/mol. The van der Waals surface area contributed by atoms with Gasteiger partial charge in [0.05, 0.1) is 24.8 Å². The fourth-order valence-electron chi connectivity index (χ4n) is 1.79. The third-order valence-corrected chi connectivity index (χ3v) is 2.85. The zero-order valence-corrected chi connectivity index (χ0v) is 11.8. The van der Waals surface area contributed by atoms with Gasteiger partial charge in [-0.1, -0.05) is 17.7 Å². The average Bonchev–Trinajstić information content (AvgIpc) is 2.29. The molecule has 0 saturated heterocycles. The fourth-order valence-corrected chi connectivity index (χ4v) is 2.07. The summed E-state index contributed by atoms with van der Waals surface area (Å²) in [7, 11) is 5.11. The van der Waals surface area contributed by atoms with Crippen LogP contribution in [0.2, 0.25) is 5.02 Å². The van der Waals surface area contributed by atoms with Crippen molar-refractivity contribution in [2.24, 2.45) is 0 Å². The van der Waals surface area contributed by atoms with Crippen LogP contribution in [0.3, 0.4) is 0 Å². The van der Waals surface area contributed by atoms with Crippen LogP contribution in [-0.2, 0) is 11.3 Å². The van der Waals surface area contributed by atoms with E-state index in [9.17, 15) is 5.11 Å². The normalized spacial score (nSPS) is 12.8. The van der Waals surface area contributed by atoms with Gasteiger partial charge in [-0.3, -0.25) is 4.90 Å². The van der Waals surface area contributed by atoms with Crippen LogP contribution < -0.4 is 4.74 Å². The zero-order chi connectivity index (χ0) is 13.5. The largest absolute Gasteiger partial charge is 0.495 e. The van der Waals surface area contributed by atoms with E-state index < -0.39 is 6.10 Å². The number of aliphatic hydroxyl groups excluding tert-OH is 1. The van der Waals surface area contributed by atoms with Gasteiger partial charge < -0.3 is 14.6 Å². The van der Waals surface area contributed by atoms with Crippen LogP contribution >= 0.6 is 11.6 Å². The molecule has 0 heterocycles. The summed E-state index contributed by atoms with van der Waals surface area (Å²) in [6, 6.07) is 5.68. The zero-order valence-electron chi connectivity index (χ0n) is 11.0. The van der Waals surface area contributed by atoms with Gasteiger partial charge in [0, 0.05) is 20.2 Å². The number of methoxy groups -OCH3 is 2. The molecule has 0 aliphatic heterocycles. The lowest BCUT2D eigenvalue weighted by Gasteiger charge is -2.20. The van der Waals surface area contributed by atoms with E-state index in [0.29, 0.717) is 30.5 Å². The molecule has 4 nitrogen and oxygen atoms in total. The lowest BCUT2D eigenvalue weighted by Crippen LogP contribution is -2.31. The van der Waals surface area contributed by atoms with Gasteiger partial charge in [0.2, 0.25) is 0 Å². The van der Waals surface area contributed by atoms with E-state index >= 15 is 0 Å². The maximum atomic E-state index is 9.62. The Hall–Kier alpha value is -0.810. The molecule has 1 aromatic carbocycles. The minimum atomic E-state index is -0.478. The highest BCUT2D eigenvalue weighted by atomic mass is 35.5. The molecule has 1 N–H and O–H groups in total. The highest BCUT2D eigenvalue weighted by Crippen LogP contribution is 2.25. The van der Waals surface area contributed by atoms with Crippen molar-refractivity contribution in [3.8, 4) is 5.75 Å². The van der Waals surface area contributed by atoms with E-state index in [4.69, 9.17) is 21.1 Å². The van der Waals surface area contributed by atoms with Gasteiger partial charge in [0.15, 0.2) is 0 Å². The number of halogens is 1. The molecule has 0 amide bonds. The van der Waals surface area contributed by atoms with Gasteiger partial charge >= 0.3 is 0 Å². The number of hydrogen-bond donors (Lipinski definition) is 1. The fraction of sp³-hybridized carbons (Fsp3) is 0.538. The number of benzene rings is 1. The molecule has 0 bridgehead atoms. The van der Waals surface area contributed by atoms with Gasteiger partial charge in [-0.15, -0.1) is 0 Å². The Morgan fingerprint density at radius 2 is 2.11 bits per heavy atom. The average molecular weight is 274 g/mol. The molecule has 1 rings (SSSR count). The van der Waals surface area contributed by atoms with E-state index in [2.05, 4.69) is 0 Å². The van der Waals surface area contributed by atoms with Crippen molar-refractivity contribution in [2.45, 2.75) is 12.6 Å². The number of hydrogen-bond acceptors (Lipinski definition) is 4. The van der Waals surface area contributed by atoms with Crippen molar-refractivity contribution in [3.05, 3.63) is 28.8 Å². The summed E-state index contributed by atoms with van der Waals surface area (Å²) >= 11 is 6.06. The standard InChI is InChI=1S/C13H20ClNO3/c1-15(8-11(16)9-17-2)7-10-4-5-13(18-3)12(14)6-10/h4-6,11,16H,7-9H2,1-3H3. The molecule has 0 radical (unpaired) electrons. The Morgan fingerprint density at radius 1 is 1.39 bits per heavy atom. The second-order valence-corrected chi connectivity index (χ2v) is 4.68. The van der Waals surface area contributed by atoms with Gasteiger partial charge in [0.25, 0.3) is 0 Å². The van der Waals surface area contributed by atoms with Crippen molar-refractivity contribution < 1.29 is 14.6 Å². The molecule has 18 heavy (non-hydrogen) atoms. The molecule has 0 saturated carbocycles. The molecule has 102 valence electrons. The summed E-state index contributed by atoms with van der Waals surface area (Å²) in [4.78, 5) is 2.02. The quantitative estimate of drug-likeness (QED) is 0.822. The number of rotatable bonds is 7. The van der Waals surface area contributed by atoms with E-state index in [1.807, 2.05) is 30.1 Å². The van der Waals surface area contributed by atoms with Crippen molar-refractivity contribution in [1.82, 2.24) is 4.90 Å². The second-order valence-electron chi connectivity index (χ2n) is 4.27. The third kappa shape index (κ3) is 4.82. The molecular weight excluding hydrogens is 254 g/mol. The summed E-state index contributed by atoms with van der Waals surface area (Å²) < 4.78 is 9.99. The topological polar surface area (TPSA) is 41.9 Å². The smallest absolute Gasteiger partial charge is 0.137 e. The summed E-state index contributed by atoms with van der Waals surface area (Å²) in [6.07, 6.45) is -0.478. The summed E-state index contributed by atoms with van der Waals surface area (Å²) in [5.41, 5.74) is 1.08. The molecule has 0 aliphatic carbocycles. The summed E-state index contributed by atoms with van der Waals surface area (Å²) in [6.45, 7) is 1.61. The molecule has 0 aliphatic rings. The van der Waals surface area contributed by atoms with Crippen LogP contribution in [0.4, 0.5) is 0 Å². The number of aliphatic hydroxyl groups is 1. The van der Waals surface area contributed by atoms with Crippen molar-refractivity contribution in [3.63, 3.8) is 0 Å². The highest BCUT2D eigenvalue weighted by Gasteiger charge is 2.09. The Labute approximate surface area is 113 Å². The molecule has 0 spiro atoms. The van der Waals surface area contributed by atoms with Crippen LogP contribution in [0.15, 0.2) is 18.2 Å². The number of nitrogens with zero attached hydrogens (tertiary/aromatic N) is 1. The third-order valence-electron chi connectivity index (χ3n) is 2.55. The van der Waals surface area contributed by atoms with Crippen LogP contribution in [0.1, 0.15) is 5.56 Å². The second kappa shape index (κ2) is 7.59. The van der Waals surface area contributed by atoms with Crippen LogP contribution in [0.25, 0.3) is 0 Å². The molecule has 1 unspecified atom stereocenters. The Morgan fingerprint density at radius 3 is 2.67 bits per heavy atom. The summed E-state index contributed by atoms with van der Waals surface area (Å²) in [5, 5.41) is 10.2. The van der Waals surface area contributed by atoms with E-state index in [0.717, 1.165) is 5.56 Å². The molecular formula is C13H20ClNO3. The Kier molecular flexibility index (Phi) is 6.43. The predicted octanol–water partition coefficient (Wildman–Crippen LogP) is 1.79. The molecule has 5 heteroatoms. The molecule has 0 fully saturated rings. The van der Waals surface area contributed by atoms with Crippen molar-refractivity contribution in [1.29, 1.82) is 0 Å². The Balaban J connectivity index is 2.54. The van der Waals surface area contributed by atoms with Crippen LogP contribution in [0.5, 0.6) is 5.75 Å². The van der Waals surface area contributed by atoms with Gasteiger partial charge in [-0.05, 0) is 24.7 Å². The molecule has 1 aromatic rings. The lowest BCUT2D eigenvalue weighted by atomic mass is 10.2. The van der Waals surface area contributed by atoms with E-state index in [1.165, 1.54) is 0 Å². The molecule has 1 atom stereocenters.